The van der Waals surface area contributed by atoms with Gasteiger partial charge in [-0.25, -0.2) is 0 Å². The van der Waals surface area contributed by atoms with Gasteiger partial charge < -0.3 is 9.64 Å². The zero-order valence-electron chi connectivity index (χ0n) is 16.3. The summed E-state index contributed by atoms with van der Waals surface area (Å²) in [6.45, 7) is 4.27. The largest absolute Gasteiger partial charge is 0.497 e. The molecule has 0 saturated heterocycles. The predicted molar refractivity (Wildman–Crippen MR) is 108 cm³/mol. The Kier molecular flexibility index (Phi) is 5.17. The van der Waals surface area contributed by atoms with E-state index < -0.39 is 0 Å². The summed E-state index contributed by atoms with van der Waals surface area (Å²) >= 11 is 0. The standard InChI is InChI=1S/C23H28N2O2/c1-17-5-3-6-18(13-17)15-24(20-8-9-20)16-23(26)25-12-4-7-19-14-21(27-2)10-11-22(19)25/h3,5-6,10-11,13-14,20H,4,7-9,12,15-16H2,1-2H3. The Hall–Kier alpha value is -2.33. The molecule has 2 aliphatic rings. The highest BCUT2D eigenvalue weighted by molar-refractivity contribution is 5.96. The molecular formula is C23H28N2O2. The Bertz CT molecular complexity index is 829. The molecule has 1 heterocycles. The number of aryl methyl sites for hydroxylation is 2. The number of hydrogen-bond acceptors (Lipinski definition) is 3. The third-order valence-corrected chi connectivity index (χ3v) is 5.58. The summed E-state index contributed by atoms with van der Waals surface area (Å²) in [6, 6.07) is 15.2. The topological polar surface area (TPSA) is 32.8 Å². The number of anilines is 1. The lowest BCUT2D eigenvalue weighted by molar-refractivity contribution is -0.120. The first-order valence-corrected chi connectivity index (χ1v) is 9.91. The molecule has 4 heteroatoms. The molecule has 0 atom stereocenters. The highest BCUT2D eigenvalue weighted by Crippen LogP contribution is 2.32. The van der Waals surface area contributed by atoms with Crippen LogP contribution in [0.1, 0.15) is 36.0 Å². The lowest BCUT2D eigenvalue weighted by Gasteiger charge is -2.32. The van der Waals surface area contributed by atoms with Gasteiger partial charge in [-0.3, -0.25) is 9.69 Å². The average Bonchev–Trinajstić information content (AvgIpc) is 3.51. The van der Waals surface area contributed by atoms with Crippen LogP contribution in [0.4, 0.5) is 5.69 Å². The van der Waals surface area contributed by atoms with Crippen molar-refractivity contribution in [3.63, 3.8) is 0 Å². The van der Waals surface area contributed by atoms with E-state index in [4.69, 9.17) is 4.74 Å². The van der Waals surface area contributed by atoms with Crippen molar-refractivity contribution in [3.05, 3.63) is 59.2 Å². The maximum atomic E-state index is 13.2. The average molecular weight is 364 g/mol. The smallest absolute Gasteiger partial charge is 0.241 e. The molecule has 4 nitrogen and oxygen atoms in total. The molecule has 1 fully saturated rings. The Balaban J connectivity index is 1.49. The maximum absolute atomic E-state index is 13.2. The number of methoxy groups -OCH3 is 1. The van der Waals surface area contributed by atoms with Crippen molar-refractivity contribution in [3.8, 4) is 5.75 Å². The number of nitrogens with zero attached hydrogens (tertiary/aromatic N) is 2. The third kappa shape index (κ3) is 4.16. The summed E-state index contributed by atoms with van der Waals surface area (Å²) in [4.78, 5) is 17.5. The van der Waals surface area contributed by atoms with Crippen LogP contribution >= 0.6 is 0 Å². The summed E-state index contributed by atoms with van der Waals surface area (Å²) < 4.78 is 5.34. The molecule has 0 aromatic heterocycles. The Labute approximate surface area is 161 Å². The monoisotopic (exact) mass is 364 g/mol. The van der Waals surface area contributed by atoms with Gasteiger partial charge in [0, 0.05) is 24.8 Å². The van der Waals surface area contributed by atoms with Gasteiger partial charge in [0.1, 0.15) is 5.75 Å². The summed E-state index contributed by atoms with van der Waals surface area (Å²) in [6.07, 6.45) is 4.42. The van der Waals surface area contributed by atoms with Crippen LogP contribution in [0.5, 0.6) is 5.75 Å². The van der Waals surface area contributed by atoms with E-state index in [1.165, 1.54) is 29.5 Å². The summed E-state index contributed by atoms with van der Waals surface area (Å²) in [5, 5.41) is 0. The van der Waals surface area contributed by atoms with Crippen molar-refractivity contribution in [2.45, 2.75) is 45.2 Å². The quantitative estimate of drug-likeness (QED) is 0.778. The fourth-order valence-electron chi connectivity index (χ4n) is 4.02. The van der Waals surface area contributed by atoms with E-state index in [2.05, 4.69) is 42.2 Å². The van der Waals surface area contributed by atoms with Crippen LogP contribution in [-0.4, -0.2) is 37.0 Å². The second-order valence-electron chi connectivity index (χ2n) is 7.77. The zero-order chi connectivity index (χ0) is 18.8. The Morgan fingerprint density at radius 1 is 1.22 bits per heavy atom. The van der Waals surface area contributed by atoms with E-state index in [-0.39, 0.29) is 5.91 Å². The van der Waals surface area contributed by atoms with Gasteiger partial charge in [0.15, 0.2) is 0 Å². The van der Waals surface area contributed by atoms with E-state index in [9.17, 15) is 4.79 Å². The van der Waals surface area contributed by atoms with E-state index in [0.29, 0.717) is 12.6 Å². The van der Waals surface area contributed by atoms with Crippen molar-refractivity contribution in [1.82, 2.24) is 4.90 Å². The third-order valence-electron chi connectivity index (χ3n) is 5.58. The highest BCUT2D eigenvalue weighted by atomic mass is 16.5. The van der Waals surface area contributed by atoms with Gasteiger partial charge in [-0.15, -0.1) is 0 Å². The predicted octanol–water partition coefficient (Wildman–Crippen LogP) is 3.95. The number of amides is 1. The summed E-state index contributed by atoms with van der Waals surface area (Å²) in [5.41, 5.74) is 4.83. The first kappa shape index (κ1) is 18.1. The number of benzene rings is 2. The fourth-order valence-corrected chi connectivity index (χ4v) is 4.02. The minimum absolute atomic E-state index is 0.209. The van der Waals surface area contributed by atoms with Gasteiger partial charge in [0.05, 0.1) is 13.7 Å². The molecule has 0 radical (unpaired) electrons. The number of ether oxygens (including phenoxy) is 1. The van der Waals surface area contributed by atoms with Crippen LogP contribution in [0.15, 0.2) is 42.5 Å². The summed E-state index contributed by atoms with van der Waals surface area (Å²) in [5.74, 6) is 1.07. The molecule has 2 aromatic rings. The van der Waals surface area contributed by atoms with Crippen molar-refractivity contribution in [1.29, 1.82) is 0 Å². The van der Waals surface area contributed by atoms with Gasteiger partial charge >= 0.3 is 0 Å². The molecule has 1 aliphatic carbocycles. The molecule has 0 bridgehead atoms. The molecule has 1 saturated carbocycles. The van der Waals surface area contributed by atoms with Gasteiger partial charge in [0.25, 0.3) is 0 Å². The lowest BCUT2D eigenvalue weighted by Crippen LogP contribution is -2.43. The Morgan fingerprint density at radius 2 is 2.07 bits per heavy atom. The van der Waals surface area contributed by atoms with E-state index in [0.717, 1.165) is 37.4 Å². The molecule has 0 spiro atoms. The number of rotatable bonds is 6. The van der Waals surface area contributed by atoms with Gasteiger partial charge in [-0.05, 0) is 61.9 Å². The minimum atomic E-state index is 0.209. The first-order valence-electron chi connectivity index (χ1n) is 9.91. The number of carbonyl (C=O) groups excluding carboxylic acids is 1. The highest BCUT2D eigenvalue weighted by Gasteiger charge is 2.32. The van der Waals surface area contributed by atoms with Crippen LogP contribution in [0.2, 0.25) is 0 Å². The van der Waals surface area contributed by atoms with Crippen LogP contribution in [0, 0.1) is 6.92 Å². The van der Waals surface area contributed by atoms with Crippen molar-refractivity contribution >= 4 is 11.6 Å². The second kappa shape index (κ2) is 7.73. The minimum Gasteiger partial charge on any atom is -0.497 e. The van der Waals surface area contributed by atoms with Crippen LogP contribution in [0.25, 0.3) is 0 Å². The number of hydrogen-bond donors (Lipinski definition) is 0. The molecule has 1 amide bonds. The Morgan fingerprint density at radius 3 is 2.81 bits per heavy atom. The van der Waals surface area contributed by atoms with Crippen molar-refractivity contribution < 1.29 is 9.53 Å². The molecule has 0 unspecified atom stereocenters. The zero-order valence-corrected chi connectivity index (χ0v) is 16.3. The lowest BCUT2D eigenvalue weighted by atomic mass is 10.0. The first-order chi connectivity index (χ1) is 13.1. The van der Waals surface area contributed by atoms with Gasteiger partial charge in [-0.1, -0.05) is 29.8 Å². The van der Waals surface area contributed by atoms with Gasteiger partial charge in [0.2, 0.25) is 5.91 Å². The molecule has 4 rings (SSSR count). The van der Waals surface area contributed by atoms with Crippen LogP contribution < -0.4 is 9.64 Å². The molecule has 0 N–H and O–H groups in total. The molecule has 142 valence electrons. The number of carbonyl (C=O) groups is 1. The van der Waals surface area contributed by atoms with Crippen LogP contribution in [0.3, 0.4) is 0 Å². The van der Waals surface area contributed by atoms with Crippen molar-refractivity contribution in [2.24, 2.45) is 0 Å². The van der Waals surface area contributed by atoms with Crippen molar-refractivity contribution in [2.75, 3.05) is 25.1 Å². The van der Waals surface area contributed by atoms with Crippen LogP contribution in [-0.2, 0) is 17.8 Å². The molecule has 27 heavy (non-hydrogen) atoms. The number of fused-ring (bicyclic) bond motifs is 1. The normalized spacial score (nSPS) is 16.3. The molecule has 1 aliphatic heterocycles. The fraction of sp³-hybridized carbons (Fsp3) is 0.435. The van der Waals surface area contributed by atoms with Gasteiger partial charge in [-0.2, -0.15) is 0 Å². The second-order valence-corrected chi connectivity index (χ2v) is 7.77. The SMILES string of the molecule is COc1ccc2c(c1)CCCN2C(=O)CN(Cc1cccc(C)c1)C1CC1. The van der Waals surface area contributed by atoms with E-state index in [1.54, 1.807) is 7.11 Å². The molecule has 2 aromatic carbocycles. The van der Waals surface area contributed by atoms with E-state index >= 15 is 0 Å². The maximum Gasteiger partial charge on any atom is 0.241 e. The molecular weight excluding hydrogens is 336 g/mol. The van der Waals surface area contributed by atoms with E-state index in [1.807, 2.05) is 17.0 Å². The summed E-state index contributed by atoms with van der Waals surface area (Å²) in [7, 11) is 1.69.